The Hall–Kier alpha value is -0.820. The fraction of sp³-hybridized carbons (Fsp3) is 0.538. The van der Waals surface area contributed by atoms with Gasteiger partial charge in [0.2, 0.25) is 0 Å². The van der Waals surface area contributed by atoms with Crippen molar-refractivity contribution in [1.29, 1.82) is 0 Å². The predicted molar refractivity (Wildman–Crippen MR) is 60.6 cm³/mol. The summed E-state index contributed by atoms with van der Waals surface area (Å²) in [6.07, 6.45) is 1.25. The van der Waals surface area contributed by atoms with Crippen molar-refractivity contribution >= 4 is 0 Å². The number of hydrogen-bond donors (Lipinski definition) is 1. The van der Waals surface area contributed by atoms with E-state index in [0.717, 1.165) is 5.92 Å². The van der Waals surface area contributed by atoms with Crippen molar-refractivity contribution in [3.05, 3.63) is 35.4 Å². The van der Waals surface area contributed by atoms with E-state index in [1.807, 2.05) is 0 Å². The van der Waals surface area contributed by atoms with Crippen LogP contribution in [-0.2, 0) is 6.42 Å². The molecule has 0 spiro atoms. The minimum Gasteiger partial charge on any atom is -0.316 e. The number of rotatable bonds is 3. The van der Waals surface area contributed by atoms with Gasteiger partial charge in [-0.1, -0.05) is 38.1 Å². The molecule has 0 amide bonds. The molecule has 1 aliphatic carbocycles. The molecule has 1 nitrogen and oxygen atoms in total. The lowest BCUT2D eigenvalue weighted by atomic mass is 9.71. The summed E-state index contributed by atoms with van der Waals surface area (Å²) >= 11 is 0. The van der Waals surface area contributed by atoms with Crippen molar-refractivity contribution in [3.8, 4) is 0 Å². The lowest BCUT2D eigenvalue weighted by Crippen LogP contribution is -2.41. The number of hydrogen-bond acceptors (Lipinski definition) is 1. The van der Waals surface area contributed by atoms with Crippen LogP contribution in [0.1, 0.15) is 30.9 Å². The Balaban J connectivity index is 2.17. The molecule has 2 unspecified atom stereocenters. The van der Waals surface area contributed by atoms with Crippen LogP contribution in [0.4, 0.5) is 0 Å². The van der Waals surface area contributed by atoms with E-state index in [4.69, 9.17) is 0 Å². The fourth-order valence-corrected chi connectivity index (χ4v) is 2.62. The third kappa shape index (κ3) is 1.46. The Morgan fingerprint density at radius 3 is 2.57 bits per heavy atom. The van der Waals surface area contributed by atoms with Crippen molar-refractivity contribution < 1.29 is 0 Å². The molecule has 1 aromatic carbocycles. The van der Waals surface area contributed by atoms with Gasteiger partial charge in [0.15, 0.2) is 0 Å². The molecule has 1 aromatic rings. The number of fused-ring (bicyclic) bond motifs is 1. The van der Waals surface area contributed by atoms with Gasteiger partial charge in [-0.25, -0.2) is 0 Å². The topological polar surface area (TPSA) is 12.0 Å². The van der Waals surface area contributed by atoms with E-state index in [0.29, 0.717) is 12.0 Å². The van der Waals surface area contributed by atoms with Crippen molar-refractivity contribution in [3.63, 3.8) is 0 Å². The van der Waals surface area contributed by atoms with E-state index >= 15 is 0 Å². The van der Waals surface area contributed by atoms with E-state index < -0.39 is 0 Å². The Bertz CT molecular complexity index is 317. The molecular formula is C13H19N. The average Bonchev–Trinajstić information content (AvgIpc) is 2.13. The van der Waals surface area contributed by atoms with Crippen molar-refractivity contribution in [2.75, 3.05) is 7.05 Å². The lowest BCUT2D eigenvalue weighted by molar-refractivity contribution is 0.338. The zero-order chi connectivity index (χ0) is 10.1. The van der Waals surface area contributed by atoms with Crippen LogP contribution in [0, 0.1) is 5.92 Å². The molecule has 0 aromatic heterocycles. The third-order valence-corrected chi connectivity index (χ3v) is 3.38. The van der Waals surface area contributed by atoms with E-state index in [1.54, 1.807) is 11.1 Å². The largest absolute Gasteiger partial charge is 0.316 e. The smallest absolute Gasteiger partial charge is 0.0159 e. The van der Waals surface area contributed by atoms with E-state index in [2.05, 4.69) is 50.5 Å². The monoisotopic (exact) mass is 189 g/mol. The molecule has 0 bridgehead atoms. The normalized spacial score (nSPS) is 21.6. The molecule has 0 radical (unpaired) electrons. The second kappa shape index (κ2) is 3.74. The maximum absolute atomic E-state index is 3.44. The minimum absolute atomic E-state index is 0.630. The molecule has 0 saturated heterocycles. The average molecular weight is 189 g/mol. The summed E-state index contributed by atoms with van der Waals surface area (Å²) in [6, 6.07) is 9.44. The van der Waals surface area contributed by atoms with Gasteiger partial charge in [0.1, 0.15) is 0 Å². The Labute approximate surface area is 86.5 Å². The number of likely N-dealkylation sites (N-methyl/N-ethyl adjacent to an activating group) is 1. The molecule has 1 N–H and O–H groups in total. The van der Waals surface area contributed by atoms with Crippen LogP contribution in [0.5, 0.6) is 0 Å². The third-order valence-electron chi connectivity index (χ3n) is 3.38. The molecule has 0 fully saturated rings. The molecule has 2 atom stereocenters. The van der Waals surface area contributed by atoms with Gasteiger partial charge in [-0.3, -0.25) is 0 Å². The summed E-state index contributed by atoms with van der Waals surface area (Å²) in [6.45, 7) is 4.59. The summed E-state index contributed by atoms with van der Waals surface area (Å²) in [7, 11) is 2.08. The minimum atomic E-state index is 0.630. The van der Waals surface area contributed by atoms with Gasteiger partial charge in [0, 0.05) is 12.0 Å². The highest BCUT2D eigenvalue weighted by Crippen LogP contribution is 2.39. The van der Waals surface area contributed by atoms with Crippen molar-refractivity contribution in [2.45, 2.75) is 32.2 Å². The number of nitrogens with one attached hydrogen (secondary N) is 1. The number of benzene rings is 1. The van der Waals surface area contributed by atoms with Crippen LogP contribution < -0.4 is 5.32 Å². The maximum atomic E-state index is 3.44. The molecule has 0 saturated carbocycles. The molecule has 1 heteroatoms. The van der Waals surface area contributed by atoms with E-state index in [-0.39, 0.29) is 0 Å². The Morgan fingerprint density at radius 1 is 1.29 bits per heavy atom. The summed E-state index contributed by atoms with van der Waals surface area (Å²) < 4.78 is 0. The summed E-state index contributed by atoms with van der Waals surface area (Å²) in [4.78, 5) is 0. The van der Waals surface area contributed by atoms with Crippen LogP contribution >= 0.6 is 0 Å². The zero-order valence-electron chi connectivity index (χ0n) is 9.25. The van der Waals surface area contributed by atoms with Crippen LogP contribution in [0.3, 0.4) is 0 Å². The molecular weight excluding hydrogens is 170 g/mol. The summed E-state index contributed by atoms with van der Waals surface area (Å²) in [5.41, 5.74) is 3.10. The Kier molecular flexibility index (Phi) is 2.60. The Morgan fingerprint density at radius 2 is 2.00 bits per heavy atom. The summed E-state index contributed by atoms with van der Waals surface area (Å²) in [5, 5.41) is 3.44. The first-order chi connectivity index (χ1) is 6.74. The van der Waals surface area contributed by atoms with Crippen LogP contribution in [-0.4, -0.2) is 13.1 Å². The van der Waals surface area contributed by atoms with Crippen LogP contribution in [0.25, 0.3) is 0 Å². The van der Waals surface area contributed by atoms with Gasteiger partial charge in [0.05, 0.1) is 0 Å². The first-order valence-corrected chi connectivity index (χ1v) is 5.49. The maximum Gasteiger partial charge on any atom is 0.0159 e. The van der Waals surface area contributed by atoms with Gasteiger partial charge in [-0.2, -0.15) is 0 Å². The fourth-order valence-electron chi connectivity index (χ4n) is 2.62. The van der Waals surface area contributed by atoms with Crippen molar-refractivity contribution in [2.24, 2.45) is 5.92 Å². The quantitative estimate of drug-likeness (QED) is 0.770. The SMILES string of the molecule is CNC(C(C)C)C1Cc2ccccc21. The summed E-state index contributed by atoms with van der Waals surface area (Å²) in [5.74, 6) is 1.44. The van der Waals surface area contributed by atoms with E-state index in [9.17, 15) is 0 Å². The predicted octanol–water partition coefficient (Wildman–Crippen LogP) is 2.57. The molecule has 76 valence electrons. The van der Waals surface area contributed by atoms with Crippen LogP contribution in [0.15, 0.2) is 24.3 Å². The van der Waals surface area contributed by atoms with Gasteiger partial charge in [-0.05, 0) is 30.5 Å². The molecule has 0 aliphatic heterocycles. The molecule has 14 heavy (non-hydrogen) atoms. The first-order valence-electron chi connectivity index (χ1n) is 5.49. The van der Waals surface area contributed by atoms with Gasteiger partial charge < -0.3 is 5.32 Å². The van der Waals surface area contributed by atoms with Gasteiger partial charge in [0.25, 0.3) is 0 Å². The first kappa shape index (κ1) is 9.72. The van der Waals surface area contributed by atoms with Crippen LogP contribution in [0.2, 0.25) is 0 Å². The molecule has 2 rings (SSSR count). The molecule has 1 aliphatic rings. The standard InChI is InChI=1S/C13H19N/c1-9(2)13(14-3)12-8-10-6-4-5-7-11(10)12/h4-7,9,12-14H,8H2,1-3H3. The van der Waals surface area contributed by atoms with Gasteiger partial charge >= 0.3 is 0 Å². The second-order valence-corrected chi connectivity index (χ2v) is 4.57. The zero-order valence-corrected chi connectivity index (χ0v) is 9.25. The highest BCUT2D eigenvalue weighted by atomic mass is 14.9. The van der Waals surface area contributed by atoms with Crippen molar-refractivity contribution in [1.82, 2.24) is 5.32 Å². The molecule has 0 heterocycles. The van der Waals surface area contributed by atoms with Gasteiger partial charge in [-0.15, -0.1) is 0 Å². The highest BCUT2D eigenvalue weighted by molar-refractivity contribution is 5.41. The highest BCUT2D eigenvalue weighted by Gasteiger charge is 2.33. The second-order valence-electron chi connectivity index (χ2n) is 4.57. The van der Waals surface area contributed by atoms with E-state index in [1.165, 1.54) is 6.42 Å². The lowest BCUT2D eigenvalue weighted by Gasteiger charge is -2.38.